The quantitative estimate of drug-likeness (QED) is 0.410. The summed E-state index contributed by atoms with van der Waals surface area (Å²) in [5.41, 5.74) is 7.53. The van der Waals surface area contributed by atoms with Crippen molar-refractivity contribution in [3.63, 3.8) is 0 Å². The lowest BCUT2D eigenvalue weighted by Gasteiger charge is -2.09. The third kappa shape index (κ3) is 5.69. The number of carbonyl (C=O) groups is 1. The molecule has 1 amide bonds. The van der Waals surface area contributed by atoms with Gasteiger partial charge in [-0.15, -0.1) is 11.8 Å². The molecule has 1 heterocycles. The summed E-state index contributed by atoms with van der Waals surface area (Å²) >= 11 is 7.61. The molecule has 34 heavy (non-hydrogen) atoms. The first kappa shape index (κ1) is 24.0. The van der Waals surface area contributed by atoms with E-state index in [0.717, 1.165) is 44.6 Å². The monoisotopic (exact) mass is 491 g/mol. The zero-order valence-electron chi connectivity index (χ0n) is 19.6. The number of hydrogen-bond acceptors (Lipinski definition) is 5. The number of anilines is 1. The number of fused-ring (bicyclic) bond motifs is 1. The van der Waals surface area contributed by atoms with Crippen molar-refractivity contribution in [1.29, 1.82) is 0 Å². The van der Waals surface area contributed by atoms with Gasteiger partial charge in [-0.2, -0.15) is 0 Å². The van der Waals surface area contributed by atoms with Gasteiger partial charge in [-0.3, -0.25) is 9.79 Å². The summed E-state index contributed by atoms with van der Waals surface area (Å²) in [5, 5.41) is 4.38. The van der Waals surface area contributed by atoms with E-state index in [2.05, 4.69) is 31.3 Å². The molecule has 0 aliphatic carbocycles. The number of halogens is 1. The Morgan fingerprint density at radius 1 is 0.971 bits per heavy atom. The van der Waals surface area contributed by atoms with E-state index in [4.69, 9.17) is 26.3 Å². The van der Waals surface area contributed by atoms with Crippen molar-refractivity contribution in [2.75, 3.05) is 18.2 Å². The van der Waals surface area contributed by atoms with Gasteiger partial charge in [-0.05, 0) is 91.6 Å². The Hall–Kier alpha value is -3.09. The van der Waals surface area contributed by atoms with Gasteiger partial charge in [0.1, 0.15) is 5.75 Å². The number of rotatable bonds is 5. The largest absolute Gasteiger partial charge is 0.497 e. The predicted octanol–water partition coefficient (Wildman–Crippen LogP) is 7.20. The van der Waals surface area contributed by atoms with Crippen molar-refractivity contribution in [3.05, 3.63) is 81.9 Å². The van der Waals surface area contributed by atoms with Gasteiger partial charge in [-0.1, -0.05) is 17.7 Å². The van der Waals surface area contributed by atoms with Crippen molar-refractivity contribution >= 4 is 57.1 Å². The van der Waals surface area contributed by atoms with Crippen LogP contribution in [0.3, 0.4) is 0 Å². The number of hydrogen-bond donors (Lipinski definition) is 1. The van der Waals surface area contributed by atoms with Gasteiger partial charge in [0.2, 0.25) is 5.91 Å². The van der Waals surface area contributed by atoms with E-state index in [0.29, 0.717) is 17.1 Å². The van der Waals surface area contributed by atoms with Crippen LogP contribution in [0.1, 0.15) is 28.7 Å². The molecular weight excluding hydrogens is 466 g/mol. The van der Waals surface area contributed by atoms with Crippen molar-refractivity contribution in [1.82, 2.24) is 0 Å². The highest BCUT2D eigenvalue weighted by molar-refractivity contribution is 8.14. The maximum atomic E-state index is 12.6. The fraction of sp³-hybridized carbons (Fsp3) is 0.222. The number of benzene rings is 3. The molecular formula is C27H26ClN3O2S. The maximum Gasteiger partial charge on any atom is 0.234 e. The van der Waals surface area contributed by atoms with Crippen LogP contribution in [0.4, 0.5) is 17.1 Å². The molecule has 0 fully saturated rings. The van der Waals surface area contributed by atoms with E-state index in [1.54, 1.807) is 13.2 Å². The van der Waals surface area contributed by atoms with Crippen LogP contribution < -0.4 is 10.1 Å². The van der Waals surface area contributed by atoms with Gasteiger partial charge >= 0.3 is 0 Å². The van der Waals surface area contributed by atoms with Crippen LogP contribution in [0.15, 0.2) is 64.6 Å². The molecule has 0 spiro atoms. The fourth-order valence-electron chi connectivity index (χ4n) is 3.52. The number of methoxy groups -OCH3 is 1. The zero-order valence-corrected chi connectivity index (χ0v) is 21.2. The minimum absolute atomic E-state index is 0.111. The standard InChI is InChI=1S/C27H26ClN3O2S/c1-16-5-8-20(13-22(16)28)29-26(32)15-34-27-14-23(19-6-9-21(33-4)10-7-19)30-24-11-17(2)18(3)12-25(24)31-27/h5-13H,14-15H2,1-4H3,(H,29,32). The second-order valence-electron chi connectivity index (χ2n) is 8.20. The smallest absolute Gasteiger partial charge is 0.234 e. The summed E-state index contributed by atoms with van der Waals surface area (Å²) in [6.45, 7) is 6.07. The van der Waals surface area contributed by atoms with E-state index in [9.17, 15) is 4.79 Å². The first-order valence-corrected chi connectivity index (χ1v) is 12.3. The van der Waals surface area contributed by atoms with Crippen molar-refractivity contribution in [3.8, 4) is 5.75 Å². The molecule has 7 heteroatoms. The first-order chi connectivity index (χ1) is 16.3. The van der Waals surface area contributed by atoms with E-state index in [1.165, 1.54) is 17.3 Å². The van der Waals surface area contributed by atoms with Crippen LogP contribution in [0.5, 0.6) is 5.75 Å². The minimum Gasteiger partial charge on any atom is -0.497 e. The van der Waals surface area contributed by atoms with Gasteiger partial charge in [0.25, 0.3) is 0 Å². The lowest BCUT2D eigenvalue weighted by atomic mass is 10.1. The summed E-state index contributed by atoms with van der Waals surface area (Å²) in [7, 11) is 1.65. The highest BCUT2D eigenvalue weighted by atomic mass is 35.5. The van der Waals surface area contributed by atoms with E-state index >= 15 is 0 Å². The molecule has 3 aromatic carbocycles. The van der Waals surface area contributed by atoms with E-state index in [1.807, 2.05) is 43.3 Å². The Labute approximate surface area is 209 Å². The fourth-order valence-corrected chi connectivity index (χ4v) is 4.47. The van der Waals surface area contributed by atoms with Gasteiger partial charge in [-0.25, -0.2) is 4.99 Å². The molecule has 4 rings (SSSR count). The Morgan fingerprint density at radius 3 is 2.29 bits per heavy atom. The van der Waals surface area contributed by atoms with Crippen LogP contribution in [0.2, 0.25) is 5.02 Å². The average molecular weight is 492 g/mol. The molecule has 0 radical (unpaired) electrons. The molecule has 1 aliphatic heterocycles. The van der Waals surface area contributed by atoms with Gasteiger partial charge < -0.3 is 10.1 Å². The molecule has 0 saturated carbocycles. The van der Waals surface area contributed by atoms with Gasteiger partial charge in [0.05, 0.1) is 35.0 Å². The number of aliphatic imine (C=N–C) groups is 2. The molecule has 1 N–H and O–H groups in total. The minimum atomic E-state index is -0.111. The Bertz CT molecular complexity index is 1300. The van der Waals surface area contributed by atoms with Crippen LogP contribution >= 0.6 is 23.4 Å². The van der Waals surface area contributed by atoms with Crippen LogP contribution in [0, 0.1) is 20.8 Å². The molecule has 0 bridgehead atoms. The van der Waals surface area contributed by atoms with Crippen LogP contribution in [0.25, 0.3) is 0 Å². The zero-order chi connectivity index (χ0) is 24.2. The maximum absolute atomic E-state index is 12.6. The Balaban J connectivity index is 1.57. The number of carbonyl (C=O) groups excluding carboxylic acids is 1. The van der Waals surface area contributed by atoms with Crippen molar-refractivity contribution < 1.29 is 9.53 Å². The highest BCUT2D eigenvalue weighted by Gasteiger charge is 2.18. The van der Waals surface area contributed by atoms with Crippen LogP contribution in [-0.4, -0.2) is 29.5 Å². The molecule has 1 aliphatic rings. The van der Waals surface area contributed by atoms with Crippen molar-refractivity contribution in [2.24, 2.45) is 9.98 Å². The number of nitrogens with one attached hydrogen (secondary N) is 1. The highest BCUT2D eigenvalue weighted by Crippen LogP contribution is 2.36. The van der Waals surface area contributed by atoms with Gasteiger partial charge in [0, 0.05) is 17.1 Å². The third-order valence-corrected chi connectivity index (χ3v) is 7.04. The van der Waals surface area contributed by atoms with Gasteiger partial charge in [0.15, 0.2) is 0 Å². The molecule has 0 unspecified atom stereocenters. The first-order valence-electron chi connectivity index (χ1n) is 10.9. The summed E-state index contributed by atoms with van der Waals surface area (Å²) < 4.78 is 5.29. The summed E-state index contributed by atoms with van der Waals surface area (Å²) in [4.78, 5) is 22.5. The molecule has 174 valence electrons. The number of thioether (sulfide) groups is 1. The second-order valence-corrected chi connectivity index (χ2v) is 9.65. The van der Waals surface area contributed by atoms with Crippen molar-refractivity contribution in [2.45, 2.75) is 27.2 Å². The molecule has 0 atom stereocenters. The molecule has 0 aromatic heterocycles. The molecule has 3 aromatic rings. The second kappa shape index (κ2) is 10.5. The number of aryl methyl sites for hydroxylation is 3. The summed E-state index contributed by atoms with van der Waals surface area (Å²) in [6.07, 6.45) is 0.535. The molecule has 0 saturated heterocycles. The lowest BCUT2D eigenvalue weighted by Crippen LogP contribution is -2.16. The summed E-state index contributed by atoms with van der Waals surface area (Å²) in [6, 6.07) is 17.5. The number of amides is 1. The number of nitrogens with zero attached hydrogens (tertiary/aromatic N) is 2. The third-order valence-electron chi connectivity index (χ3n) is 5.66. The average Bonchev–Trinajstić information content (AvgIpc) is 2.99. The predicted molar refractivity (Wildman–Crippen MR) is 144 cm³/mol. The SMILES string of the molecule is COc1ccc(C2=Nc3cc(C)c(C)cc3N=C(SCC(=O)Nc3ccc(C)c(Cl)c3)C2)cc1. The topological polar surface area (TPSA) is 63.1 Å². The van der Waals surface area contributed by atoms with E-state index < -0.39 is 0 Å². The number of ether oxygens (including phenoxy) is 1. The van der Waals surface area contributed by atoms with Crippen LogP contribution in [-0.2, 0) is 4.79 Å². The molecule has 5 nitrogen and oxygen atoms in total. The lowest BCUT2D eigenvalue weighted by molar-refractivity contribution is -0.113. The summed E-state index contributed by atoms with van der Waals surface area (Å²) in [5.74, 6) is 0.918. The normalized spacial score (nSPS) is 12.9. The Kier molecular flexibility index (Phi) is 7.39. The Morgan fingerprint density at radius 2 is 1.65 bits per heavy atom. The van der Waals surface area contributed by atoms with E-state index in [-0.39, 0.29) is 11.7 Å².